The average molecular weight is 253 g/mol. The molecule has 1 N–H and O–H groups in total. The predicted octanol–water partition coefficient (Wildman–Crippen LogP) is 1.01. The minimum absolute atomic E-state index is 0.175. The highest BCUT2D eigenvalue weighted by Crippen LogP contribution is 2.34. The molecule has 1 saturated heterocycles. The Morgan fingerprint density at radius 3 is 3.00 bits per heavy atom. The molecular formula is C12H19N3O3. The molecular weight excluding hydrogens is 234 g/mol. The Kier molecular flexibility index (Phi) is 3.58. The zero-order chi connectivity index (χ0) is 12.4. The summed E-state index contributed by atoms with van der Waals surface area (Å²) in [6, 6.07) is 0.446. The number of aromatic nitrogens is 2. The zero-order valence-electron chi connectivity index (χ0n) is 10.6. The van der Waals surface area contributed by atoms with Gasteiger partial charge in [0.05, 0.1) is 25.7 Å². The van der Waals surface area contributed by atoms with Gasteiger partial charge in [-0.1, -0.05) is 11.6 Å². The van der Waals surface area contributed by atoms with E-state index >= 15 is 0 Å². The van der Waals surface area contributed by atoms with E-state index in [1.165, 1.54) is 12.8 Å². The molecule has 2 fully saturated rings. The van der Waals surface area contributed by atoms with E-state index in [0.717, 1.165) is 12.3 Å². The highest BCUT2D eigenvalue weighted by Gasteiger charge is 2.33. The van der Waals surface area contributed by atoms with Gasteiger partial charge in [0.25, 0.3) is 0 Å². The zero-order valence-corrected chi connectivity index (χ0v) is 10.6. The number of likely N-dealkylation sites (N-methyl/N-ethyl adjacent to an activating group) is 1. The van der Waals surface area contributed by atoms with Gasteiger partial charge in [0.1, 0.15) is 6.10 Å². The van der Waals surface area contributed by atoms with Crippen molar-refractivity contribution in [3.63, 3.8) is 0 Å². The Hall–Kier alpha value is -0.980. The fourth-order valence-electron chi connectivity index (χ4n) is 2.77. The Morgan fingerprint density at radius 2 is 2.22 bits per heavy atom. The summed E-state index contributed by atoms with van der Waals surface area (Å²) in [5.74, 6) is 1.68. The van der Waals surface area contributed by atoms with Crippen LogP contribution in [0.1, 0.15) is 43.0 Å². The molecule has 2 aliphatic rings. The lowest BCUT2D eigenvalue weighted by Gasteiger charge is -2.19. The molecule has 0 aromatic carbocycles. The summed E-state index contributed by atoms with van der Waals surface area (Å²) in [4.78, 5) is 4.49. The topological polar surface area (TPSA) is 69.4 Å². The van der Waals surface area contributed by atoms with Crippen LogP contribution in [0.3, 0.4) is 0 Å². The van der Waals surface area contributed by atoms with Crippen LogP contribution in [-0.2, 0) is 9.47 Å². The van der Waals surface area contributed by atoms with Gasteiger partial charge in [-0.3, -0.25) is 0 Å². The first-order chi connectivity index (χ1) is 8.88. The van der Waals surface area contributed by atoms with Crippen molar-refractivity contribution < 1.29 is 14.0 Å². The molecule has 3 rings (SSSR count). The second-order valence-corrected chi connectivity index (χ2v) is 4.86. The van der Waals surface area contributed by atoms with Crippen molar-refractivity contribution in [1.82, 2.24) is 15.5 Å². The lowest BCUT2D eigenvalue weighted by Crippen LogP contribution is -2.27. The van der Waals surface area contributed by atoms with Gasteiger partial charge >= 0.3 is 0 Å². The van der Waals surface area contributed by atoms with Crippen LogP contribution in [0.15, 0.2) is 4.52 Å². The summed E-state index contributed by atoms with van der Waals surface area (Å²) in [5.41, 5.74) is 0. The quantitative estimate of drug-likeness (QED) is 0.867. The second-order valence-electron chi connectivity index (χ2n) is 4.86. The van der Waals surface area contributed by atoms with Crippen molar-refractivity contribution >= 4 is 0 Å². The summed E-state index contributed by atoms with van der Waals surface area (Å²) >= 11 is 0. The third kappa shape index (κ3) is 2.28. The van der Waals surface area contributed by atoms with E-state index in [1.807, 2.05) is 7.05 Å². The van der Waals surface area contributed by atoms with Gasteiger partial charge in [-0.2, -0.15) is 4.98 Å². The molecule has 0 bridgehead atoms. The smallest absolute Gasteiger partial charge is 0.231 e. The van der Waals surface area contributed by atoms with Crippen molar-refractivity contribution in [3.8, 4) is 0 Å². The van der Waals surface area contributed by atoms with Gasteiger partial charge in [0, 0.05) is 6.04 Å². The van der Waals surface area contributed by atoms with E-state index < -0.39 is 0 Å². The van der Waals surface area contributed by atoms with Crippen LogP contribution >= 0.6 is 0 Å². The van der Waals surface area contributed by atoms with Crippen molar-refractivity contribution in [2.24, 2.45) is 0 Å². The molecule has 1 aliphatic carbocycles. The molecule has 0 amide bonds. The van der Waals surface area contributed by atoms with E-state index in [4.69, 9.17) is 14.0 Å². The number of rotatable bonds is 3. The average Bonchev–Trinajstić information content (AvgIpc) is 3.08. The number of nitrogens with one attached hydrogen (secondary N) is 1. The largest absolute Gasteiger partial charge is 0.376 e. The first-order valence-corrected chi connectivity index (χ1v) is 6.58. The van der Waals surface area contributed by atoms with Crippen LogP contribution in [0.4, 0.5) is 0 Å². The summed E-state index contributed by atoms with van der Waals surface area (Å²) in [5, 5.41) is 7.35. The van der Waals surface area contributed by atoms with Gasteiger partial charge in [-0.05, 0) is 19.9 Å². The van der Waals surface area contributed by atoms with Crippen LogP contribution in [0.5, 0.6) is 0 Å². The molecule has 2 heterocycles. The van der Waals surface area contributed by atoms with Gasteiger partial charge in [0.2, 0.25) is 11.7 Å². The number of hydrogen-bond acceptors (Lipinski definition) is 6. The lowest BCUT2D eigenvalue weighted by atomic mass is 10.0. The fourth-order valence-corrected chi connectivity index (χ4v) is 2.77. The van der Waals surface area contributed by atoms with E-state index in [1.54, 1.807) is 0 Å². The monoisotopic (exact) mass is 253 g/mol. The minimum Gasteiger partial charge on any atom is -0.376 e. The molecule has 1 aliphatic heterocycles. The summed E-state index contributed by atoms with van der Waals surface area (Å²) in [7, 11) is 1.98. The molecule has 18 heavy (non-hydrogen) atoms. The molecule has 0 spiro atoms. The third-order valence-electron chi connectivity index (χ3n) is 3.77. The number of hydrogen-bond donors (Lipinski definition) is 1. The maximum absolute atomic E-state index is 5.57. The van der Waals surface area contributed by atoms with Crippen LogP contribution in [0.2, 0.25) is 0 Å². The Balaban J connectivity index is 1.72. The Bertz CT molecular complexity index is 390. The standard InChI is InChI=1S/C12H19N3O3/c1-13-9-4-2-3-8(9)12-14-11(15-18-12)10-7-16-5-6-17-10/h8-10,13H,2-7H2,1H3. The molecule has 0 radical (unpaired) electrons. The van der Waals surface area contributed by atoms with E-state index in [9.17, 15) is 0 Å². The van der Waals surface area contributed by atoms with Gasteiger partial charge < -0.3 is 19.3 Å². The second kappa shape index (κ2) is 5.34. The Morgan fingerprint density at radius 1 is 1.28 bits per heavy atom. The van der Waals surface area contributed by atoms with E-state index in [2.05, 4.69) is 15.5 Å². The van der Waals surface area contributed by atoms with E-state index in [-0.39, 0.29) is 6.10 Å². The van der Waals surface area contributed by atoms with Gasteiger partial charge in [0.15, 0.2) is 0 Å². The normalized spacial score (nSPS) is 32.8. The van der Waals surface area contributed by atoms with Crippen molar-refractivity contribution in [2.45, 2.75) is 37.3 Å². The van der Waals surface area contributed by atoms with Crippen LogP contribution < -0.4 is 5.32 Å². The van der Waals surface area contributed by atoms with Crippen LogP contribution in [0, 0.1) is 0 Å². The highest BCUT2D eigenvalue weighted by molar-refractivity contribution is 5.04. The van der Waals surface area contributed by atoms with Crippen LogP contribution in [0.25, 0.3) is 0 Å². The number of ether oxygens (including phenoxy) is 2. The summed E-state index contributed by atoms with van der Waals surface area (Å²) < 4.78 is 16.3. The molecule has 3 atom stereocenters. The van der Waals surface area contributed by atoms with E-state index in [0.29, 0.717) is 37.6 Å². The lowest BCUT2D eigenvalue weighted by molar-refractivity contribution is -0.0941. The molecule has 1 aromatic rings. The summed E-state index contributed by atoms with van der Waals surface area (Å²) in [6.45, 7) is 1.75. The molecule has 6 nitrogen and oxygen atoms in total. The molecule has 100 valence electrons. The number of nitrogens with zero attached hydrogens (tertiary/aromatic N) is 2. The van der Waals surface area contributed by atoms with Gasteiger partial charge in [-0.15, -0.1) is 0 Å². The predicted molar refractivity (Wildman–Crippen MR) is 63.2 cm³/mol. The maximum atomic E-state index is 5.57. The maximum Gasteiger partial charge on any atom is 0.231 e. The molecule has 3 unspecified atom stereocenters. The summed E-state index contributed by atoms with van der Waals surface area (Å²) in [6.07, 6.45) is 3.30. The minimum atomic E-state index is -0.175. The van der Waals surface area contributed by atoms with Crippen molar-refractivity contribution in [3.05, 3.63) is 11.7 Å². The first kappa shape index (κ1) is 12.1. The fraction of sp³-hybridized carbons (Fsp3) is 0.833. The van der Waals surface area contributed by atoms with Crippen molar-refractivity contribution in [1.29, 1.82) is 0 Å². The molecule has 1 aromatic heterocycles. The molecule has 6 heteroatoms. The van der Waals surface area contributed by atoms with Gasteiger partial charge in [-0.25, -0.2) is 0 Å². The van der Waals surface area contributed by atoms with Crippen molar-refractivity contribution in [2.75, 3.05) is 26.9 Å². The molecule has 1 saturated carbocycles. The Labute approximate surface area is 106 Å². The first-order valence-electron chi connectivity index (χ1n) is 6.58. The highest BCUT2D eigenvalue weighted by atomic mass is 16.6. The SMILES string of the molecule is CNC1CCCC1c1nc(C2COCCO2)no1. The third-order valence-corrected chi connectivity index (χ3v) is 3.77. The van der Waals surface area contributed by atoms with Crippen LogP contribution in [-0.4, -0.2) is 43.1 Å².